The Morgan fingerprint density at radius 1 is 1.27 bits per heavy atom. The van der Waals surface area contributed by atoms with E-state index in [0.29, 0.717) is 31.8 Å². The van der Waals surface area contributed by atoms with Crippen molar-refractivity contribution in [2.75, 3.05) is 33.3 Å². The monoisotopic (exact) mass is 362 g/mol. The minimum absolute atomic E-state index is 0.0307. The van der Waals surface area contributed by atoms with Gasteiger partial charge in [-0.2, -0.15) is 0 Å². The second-order valence-corrected chi connectivity index (χ2v) is 6.54. The van der Waals surface area contributed by atoms with Crippen LogP contribution >= 0.6 is 0 Å². The van der Waals surface area contributed by atoms with Gasteiger partial charge in [-0.1, -0.05) is 18.2 Å². The summed E-state index contributed by atoms with van der Waals surface area (Å²) in [4.78, 5) is 38.7. The van der Waals surface area contributed by atoms with E-state index >= 15 is 0 Å². The van der Waals surface area contributed by atoms with Crippen LogP contribution in [0.4, 0.5) is 0 Å². The van der Waals surface area contributed by atoms with E-state index in [4.69, 9.17) is 9.84 Å². The predicted molar refractivity (Wildman–Crippen MR) is 95.7 cm³/mol. The molecule has 1 aromatic rings. The number of nitrogens with zero attached hydrogens (tertiary/aromatic N) is 2. The molecule has 0 bridgehead atoms. The minimum atomic E-state index is -0.862. The molecule has 0 saturated carbocycles. The number of carboxylic acids is 1. The molecule has 2 amide bonds. The minimum Gasteiger partial charge on any atom is -0.484 e. The van der Waals surface area contributed by atoms with Gasteiger partial charge in [0.25, 0.3) is 5.91 Å². The fraction of sp³-hybridized carbons (Fsp3) is 0.526. The fourth-order valence-corrected chi connectivity index (χ4v) is 3.05. The van der Waals surface area contributed by atoms with E-state index in [-0.39, 0.29) is 30.8 Å². The van der Waals surface area contributed by atoms with Gasteiger partial charge >= 0.3 is 5.97 Å². The van der Waals surface area contributed by atoms with Gasteiger partial charge in [-0.3, -0.25) is 14.4 Å². The first-order valence-corrected chi connectivity index (χ1v) is 8.89. The number of piperidine rings is 1. The van der Waals surface area contributed by atoms with Crippen LogP contribution in [0.15, 0.2) is 30.3 Å². The maximum absolute atomic E-state index is 12.5. The average molecular weight is 362 g/mol. The molecule has 0 radical (unpaired) electrons. The Kier molecular flexibility index (Phi) is 7.44. The molecule has 1 heterocycles. The van der Waals surface area contributed by atoms with Gasteiger partial charge in [0.05, 0.1) is 5.92 Å². The summed E-state index contributed by atoms with van der Waals surface area (Å²) in [6.07, 6.45) is 1.99. The Bertz CT molecular complexity index is 620. The number of ether oxygens (including phenoxy) is 1. The zero-order valence-electron chi connectivity index (χ0n) is 15.1. The number of carbonyl (C=O) groups is 3. The molecule has 7 nitrogen and oxygen atoms in total. The van der Waals surface area contributed by atoms with Crippen molar-refractivity contribution >= 4 is 17.8 Å². The normalized spacial score (nSPS) is 16.8. The van der Waals surface area contributed by atoms with Crippen LogP contribution in [-0.4, -0.2) is 66.0 Å². The van der Waals surface area contributed by atoms with Crippen LogP contribution in [0.2, 0.25) is 0 Å². The molecule has 1 saturated heterocycles. The standard InChI is InChI=1S/C19H26N2O5/c1-20(11-6-10-18(23)24)19(25)15-7-5-12-21(13-15)17(22)14-26-16-8-3-2-4-9-16/h2-4,8-9,15H,5-7,10-14H2,1H3,(H,23,24). The first-order valence-electron chi connectivity index (χ1n) is 8.89. The van der Waals surface area contributed by atoms with E-state index < -0.39 is 5.97 Å². The van der Waals surface area contributed by atoms with E-state index in [9.17, 15) is 14.4 Å². The summed E-state index contributed by atoms with van der Waals surface area (Å²) < 4.78 is 5.50. The molecule has 1 aliphatic rings. The fourth-order valence-electron chi connectivity index (χ4n) is 3.05. The number of rotatable bonds is 8. The third-order valence-electron chi connectivity index (χ3n) is 4.49. The maximum Gasteiger partial charge on any atom is 0.303 e. The summed E-state index contributed by atoms with van der Waals surface area (Å²) in [6.45, 7) is 1.38. The summed E-state index contributed by atoms with van der Waals surface area (Å²) in [5, 5.41) is 8.68. The van der Waals surface area contributed by atoms with Gasteiger partial charge in [0.2, 0.25) is 5.91 Å². The number of amides is 2. The first-order chi connectivity index (χ1) is 12.5. The maximum atomic E-state index is 12.5. The molecule has 1 aliphatic heterocycles. The summed E-state index contributed by atoms with van der Waals surface area (Å²) in [6, 6.07) is 9.15. The molecule has 26 heavy (non-hydrogen) atoms. The Hall–Kier alpha value is -2.57. The Morgan fingerprint density at radius 2 is 2.00 bits per heavy atom. The van der Waals surface area contributed by atoms with E-state index in [1.165, 1.54) is 0 Å². The molecule has 1 N–H and O–H groups in total. The third kappa shape index (κ3) is 6.06. The summed E-state index contributed by atoms with van der Waals surface area (Å²) >= 11 is 0. The van der Waals surface area contributed by atoms with Crippen LogP contribution < -0.4 is 4.74 Å². The first kappa shape index (κ1) is 19.8. The Balaban J connectivity index is 1.80. The van der Waals surface area contributed by atoms with Crippen molar-refractivity contribution in [3.05, 3.63) is 30.3 Å². The van der Waals surface area contributed by atoms with Crippen molar-refractivity contribution in [1.29, 1.82) is 0 Å². The van der Waals surface area contributed by atoms with Crippen LogP contribution in [-0.2, 0) is 14.4 Å². The highest BCUT2D eigenvalue weighted by molar-refractivity contribution is 5.82. The lowest BCUT2D eigenvalue weighted by Crippen LogP contribution is -2.47. The number of hydrogen-bond donors (Lipinski definition) is 1. The van der Waals surface area contributed by atoms with Crippen molar-refractivity contribution < 1.29 is 24.2 Å². The zero-order valence-corrected chi connectivity index (χ0v) is 15.1. The number of carbonyl (C=O) groups excluding carboxylic acids is 2. The van der Waals surface area contributed by atoms with Crippen molar-refractivity contribution in [1.82, 2.24) is 9.80 Å². The van der Waals surface area contributed by atoms with Gasteiger partial charge in [0.1, 0.15) is 5.75 Å². The zero-order chi connectivity index (χ0) is 18.9. The Labute approximate surface area is 153 Å². The molecule has 1 aromatic carbocycles. The van der Waals surface area contributed by atoms with Crippen molar-refractivity contribution in [3.8, 4) is 5.75 Å². The van der Waals surface area contributed by atoms with Crippen molar-refractivity contribution in [2.24, 2.45) is 5.92 Å². The molecular formula is C19H26N2O5. The van der Waals surface area contributed by atoms with Gasteiger partial charge in [0, 0.05) is 33.1 Å². The van der Waals surface area contributed by atoms with Crippen molar-refractivity contribution in [2.45, 2.75) is 25.7 Å². The van der Waals surface area contributed by atoms with Crippen molar-refractivity contribution in [3.63, 3.8) is 0 Å². The number of benzene rings is 1. The molecule has 1 unspecified atom stereocenters. The number of hydrogen-bond acceptors (Lipinski definition) is 4. The second kappa shape index (κ2) is 9.79. The Morgan fingerprint density at radius 3 is 2.69 bits per heavy atom. The van der Waals surface area contributed by atoms with Crippen LogP contribution in [0.5, 0.6) is 5.75 Å². The molecule has 142 valence electrons. The molecule has 0 aromatic heterocycles. The summed E-state index contributed by atoms with van der Waals surface area (Å²) in [5.41, 5.74) is 0. The molecule has 0 aliphatic carbocycles. The van der Waals surface area contributed by atoms with Gasteiger partial charge in [-0.05, 0) is 31.4 Å². The van der Waals surface area contributed by atoms with Gasteiger partial charge in [-0.25, -0.2) is 0 Å². The van der Waals surface area contributed by atoms with E-state index in [0.717, 1.165) is 12.8 Å². The SMILES string of the molecule is CN(CCCC(=O)O)C(=O)C1CCCN(C(=O)COc2ccccc2)C1. The van der Waals surface area contributed by atoms with E-state index in [1.807, 2.05) is 18.2 Å². The molecule has 0 spiro atoms. The molecular weight excluding hydrogens is 336 g/mol. The smallest absolute Gasteiger partial charge is 0.303 e. The molecule has 1 fully saturated rings. The highest BCUT2D eigenvalue weighted by Crippen LogP contribution is 2.19. The molecule has 1 atom stereocenters. The highest BCUT2D eigenvalue weighted by atomic mass is 16.5. The van der Waals surface area contributed by atoms with Crippen LogP contribution in [0.3, 0.4) is 0 Å². The third-order valence-corrected chi connectivity index (χ3v) is 4.49. The summed E-state index contributed by atoms with van der Waals surface area (Å²) in [7, 11) is 1.68. The lowest BCUT2D eigenvalue weighted by atomic mass is 9.96. The topological polar surface area (TPSA) is 87.2 Å². The predicted octanol–water partition coefficient (Wildman–Crippen LogP) is 1.63. The average Bonchev–Trinajstić information content (AvgIpc) is 2.66. The number of carboxylic acid groups (broad SMARTS) is 1. The van der Waals surface area contributed by atoms with Gasteiger partial charge < -0.3 is 19.6 Å². The van der Waals surface area contributed by atoms with Gasteiger partial charge in [0.15, 0.2) is 6.61 Å². The molecule has 7 heteroatoms. The van der Waals surface area contributed by atoms with Crippen LogP contribution in [0.25, 0.3) is 0 Å². The van der Waals surface area contributed by atoms with E-state index in [2.05, 4.69) is 0 Å². The van der Waals surface area contributed by atoms with Crippen LogP contribution in [0.1, 0.15) is 25.7 Å². The number of para-hydroxylation sites is 1. The lowest BCUT2D eigenvalue weighted by Gasteiger charge is -2.34. The lowest BCUT2D eigenvalue weighted by molar-refractivity contribution is -0.142. The van der Waals surface area contributed by atoms with Gasteiger partial charge in [-0.15, -0.1) is 0 Å². The highest BCUT2D eigenvalue weighted by Gasteiger charge is 2.30. The second-order valence-electron chi connectivity index (χ2n) is 6.54. The van der Waals surface area contributed by atoms with E-state index in [1.54, 1.807) is 29.0 Å². The number of aliphatic carboxylic acids is 1. The molecule has 2 rings (SSSR count). The number of likely N-dealkylation sites (tertiary alicyclic amines) is 1. The quantitative estimate of drug-likeness (QED) is 0.759. The largest absolute Gasteiger partial charge is 0.484 e. The van der Waals surface area contributed by atoms with Crippen LogP contribution in [0, 0.1) is 5.92 Å². The summed E-state index contributed by atoms with van der Waals surface area (Å²) in [5.74, 6) is -0.613.